The van der Waals surface area contributed by atoms with Gasteiger partial charge in [-0.2, -0.15) is 0 Å². The molecule has 14 N–H and O–H groups in total. The smallest absolute Gasteiger partial charge is 0.335 e. The molecule has 0 spiro atoms. The van der Waals surface area contributed by atoms with Gasteiger partial charge in [0.15, 0.2) is 31.3 Å². The number of aliphatic carboxylic acids is 1. The summed E-state index contributed by atoms with van der Waals surface area (Å²) in [6, 6.07) is -3.11. The van der Waals surface area contributed by atoms with Crippen molar-refractivity contribution in [2.75, 3.05) is 19.8 Å². The molecule has 0 saturated carbocycles. The van der Waals surface area contributed by atoms with Crippen LogP contribution in [0.15, 0.2) is 0 Å². The van der Waals surface area contributed by atoms with E-state index in [9.17, 15) is 75.7 Å². The Kier molecular flexibility index (Phi) is 14.6. The third-order valence-electron chi connectivity index (χ3n) is 8.98. The van der Waals surface area contributed by atoms with Gasteiger partial charge in [0, 0.05) is 13.8 Å². The SMILES string of the molecule is CC(=O)N[C@H]1[C@H](O[C@H]2[C@H](O)[C@@H](O)[C@H](O[C@H]3[C@@H](O)[C@@H](CO)O[C@@H](O[C@H]4[C@@H](O)[C@@H](CO)OC(O)[C@@H]4NC(C)=O)[C@@H]3O)O[C@@H]2C(=O)O)O[C@H](CO)[C@@H](O)[C@@H]1O. The van der Waals surface area contributed by atoms with E-state index in [1.54, 1.807) is 0 Å². The second-order valence-electron chi connectivity index (χ2n) is 12.7. The van der Waals surface area contributed by atoms with Crippen molar-refractivity contribution in [2.45, 2.75) is 137 Å². The second kappa shape index (κ2) is 17.9. The fourth-order valence-electron chi connectivity index (χ4n) is 6.31. The van der Waals surface area contributed by atoms with Crippen molar-refractivity contribution in [1.82, 2.24) is 10.6 Å². The molecule has 300 valence electrons. The Labute approximate surface area is 293 Å². The number of nitrogens with one attached hydrogen (secondary N) is 2. The molecule has 2 amide bonds. The van der Waals surface area contributed by atoms with Gasteiger partial charge in [0.25, 0.3) is 0 Å². The number of carboxylic acids is 1. The molecule has 4 aliphatic heterocycles. The van der Waals surface area contributed by atoms with Crippen molar-refractivity contribution >= 4 is 17.8 Å². The minimum Gasteiger partial charge on any atom is -0.479 e. The predicted molar refractivity (Wildman–Crippen MR) is 158 cm³/mol. The number of aliphatic hydroxyl groups excluding tert-OH is 11. The van der Waals surface area contributed by atoms with Gasteiger partial charge in [0.05, 0.1) is 19.8 Å². The number of carbonyl (C=O) groups excluding carboxylic acids is 2. The Hall–Kier alpha value is -2.31. The van der Waals surface area contributed by atoms with Crippen LogP contribution in [0, 0.1) is 0 Å². The third kappa shape index (κ3) is 8.96. The quantitative estimate of drug-likeness (QED) is 0.0877. The zero-order valence-corrected chi connectivity index (χ0v) is 27.6. The lowest BCUT2D eigenvalue weighted by atomic mass is 9.94. The van der Waals surface area contributed by atoms with Gasteiger partial charge in [-0.1, -0.05) is 0 Å². The molecule has 0 aromatic heterocycles. The molecule has 0 radical (unpaired) electrons. The summed E-state index contributed by atoms with van der Waals surface area (Å²) < 4.78 is 38.2. The maximum atomic E-state index is 12.3. The van der Waals surface area contributed by atoms with E-state index >= 15 is 0 Å². The summed E-state index contributed by atoms with van der Waals surface area (Å²) >= 11 is 0. The topological polar surface area (TPSA) is 383 Å². The summed E-state index contributed by atoms with van der Waals surface area (Å²) in [5, 5.41) is 130. The van der Waals surface area contributed by atoms with Crippen LogP contribution in [0.2, 0.25) is 0 Å². The van der Waals surface area contributed by atoms with Crippen LogP contribution in [-0.2, 0) is 47.5 Å². The summed E-state index contributed by atoms with van der Waals surface area (Å²) in [6.45, 7) is -0.554. The first kappa shape index (κ1) is 42.4. The normalized spacial score (nSPS) is 47.0. The van der Waals surface area contributed by atoms with Gasteiger partial charge >= 0.3 is 5.97 Å². The Balaban J connectivity index is 1.56. The molecule has 0 aliphatic carbocycles. The lowest BCUT2D eigenvalue weighted by Crippen LogP contribution is -2.69. The Morgan fingerprint density at radius 1 is 0.519 bits per heavy atom. The van der Waals surface area contributed by atoms with Crippen molar-refractivity contribution < 1.29 is 109 Å². The van der Waals surface area contributed by atoms with Gasteiger partial charge in [-0.05, 0) is 0 Å². The fraction of sp³-hybridized carbons (Fsp3) is 0.893. The molecule has 0 bridgehead atoms. The molecule has 0 aromatic carbocycles. The van der Waals surface area contributed by atoms with Crippen LogP contribution < -0.4 is 10.6 Å². The van der Waals surface area contributed by atoms with Crippen LogP contribution in [0.4, 0.5) is 0 Å². The summed E-state index contributed by atoms with van der Waals surface area (Å²) in [4.78, 5) is 36.0. The van der Waals surface area contributed by atoms with E-state index in [1.165, 1.54) is 0 Å². The molecule has 1 unspecified atom stereocenters. The van der Waals surface area contributed by atoms with Crippen LogP contribution in [0.3, 0.4) is 0 Å². The number of hydrogen-bond donors (Lipinski definition) is 14. The molecular weight excluding hydrogens is 716 g/mol. The Morgan fingerprint density at radius 2 is 0.981 bits per heavy atom. The molecule has 52 heavy (non-hydrogen) atoms. The van der Waals surface area contributed by atoms with E-state index in [0.717, 1.165) is 13.8 Å². The van der Waals surface area contributed by atoms with Crippen LogP contribution in [-0.4, -0.2) is 222 Å². The van der Waals surface area contributed by atoms with Crippen LogP contribution >= 0.6 is 0 Å². The number of aliphatic hydroxyl groups is 11. The van der Waals surface area contributed by atoms with Crippen molar-refractivity contribution in [1.29, 1.82) is 0 Å². The van der Waals surface area contributed by atoms with Crippen molar-refractivity contribution in [2.24, 2.45) is 0 Å². The van der Waals surface area contributed by atoms with Crippen molar-refractivity contribution in [3.05, 3.63) is 0 Å². The molecular formula is C28H46N2O22. The summed E-state index contributed by atoms with van der Waals surface area (Å²) in [5.74, 6) is -3.29. The number of carboxylic acid groups (broad SMARTS) is 1. The molecule has 0 aromatic rings. The van der Waals surface area contributed by atoms with Gasteiger partial charge in [-0.3, -0.25) is 9.59 Å². The first-order valence-electron chi connectivity index (χ1n) is 16.1. The molecule has 4 heterocycles. The van der Waals surface area contributed by atoms with E-state index in [-0.39, 0.29) is 0 Å². The van der Waals surface area contributed by atoms with Crippen molar-refractivity contribution in [3.63, 3.8) is 0 Å². The lowest BCUT2D eigenvalue weighted by molar-refractivity contribution is -0.378. The Morgan fingerprint density at radius 3 is 1.54 bits per heavy atom. The zero-order chi connectivity index (χ0) is 38.8. The molecule has 4 saturated heterocycles. The van der Waals surface area contributed by atoms with Gasteiger partial charge in [-0.15, -0.1) is 0 Å². The molecule has 4 fully saturated rings. The number of ether oxygens (including phenoxy) is 7. The monoisotopic (exact) mass is 762 g/mol. The molecule has 4 aliphatic rings. The van der Waals surface area contributed by atoms with Gasteiger partial charge in [0.1, 0.15) is 91.4 Å². The summed E-state index contributed by atoms with van der Waals surface area (Å²) in [5.41, 5.74) is 0. The number of rotatable bonds is 12. The minimum atomic E-state index is -2.25. The molecule has 24 heteroatoms. The fourth-order valence-corrected chi connectivity index (χ4v) is 6.31. The summed E-state index contributed by atoms with van der Waals surface area (Å²) in [7, 11) is 0. The highest BCUT2D eigenvalue weighted by molar-refractivity contribution is 5.74. The first-order chi connectivity index (χ1) is 24.4. The standard InChI is InChI=1S/C28H46N2O22/c1-6(34)29-11-16(39)13(36)8(3-31)47-26(11)51-22-17(40)18(41)27(52-23(22)24(43)44)50-21-15(38)10(5-33)48-28(19(21)42)49-20-12(30-7(2)35)25(45)46-9(4-32)14(20)37/h8-23,25-28,31-33,36-42,45H,3-5H2,1-2H3,(H,29,34)(H,30,35)(H,43,44)/t8-,9-,10-,11-,12-,13-,14+,15+,16-,17-,18-,19-,20-,21+,22+,23+,25?,26+,27-,28+/m1/s1. The average Bonchev–Trinajstić information content (AvgIpc) is 3.08. The minimum absolute atomic E-state index is 0.717. The van der Waals surface area contributed by atoms with Crippen LogP contribution in [0.1, 0.15) is 13.8 Å². The highest BCUT2D eigenvalue weighted by atomic mass is 16.8. The molecule has 24 nitrogen and oxygen atoms in total. The van der Waals surface area contributed by atoms with Gasteiger partial charge in [-0.25, -0.2) is 4.79 Å². The van der Waals surface area contributed by atoms with Crippen molar-refractivity contribution in [3.8, 4) is 0 Å². The number of carbonyl (C=O) groups is 3. The lowest BCUT2D eigenvalue weighted by Gasteiger charge is -2.49. The second-order valence-corrected chi connectivity index (χ2v) is 12.7. The zero-order valence-electron chi connectivity index (χ0n) is 27.6. The van der Waals surface area contributed by atoms with Crippen LogP contribution in [0.5, 0.6) is 0 Å². The van der Waals surface area contributed by atoms with Crippen LogP contribution in [0.25, 0.3) is 0 Å². The molecule has 4 rings (SSSR count). The van der Waals surface area contributed by atoms with E-state index in [2.05, 4.69) is 10.6 Å². The molecule has 20 atom stereocenters. The van der Waals surface area contributed by atoms with E-state index in [1.807, 2.05) is 0 Å². The van der Waals surface area contributed by atoms with E-state index < -0.39 is 160 Å². The summed E-state index contributed by atoms with van der Waals surface area (Å²) in [6.07, 6.45) is -34.4. The largest absolute Gasteiger partial charge is 0.479 e. The highest BCUT2D eigenvalue weighted by Crippen LogP contribution is 2.34. The average molecular weight is 763 g/mol. The number of hydrogen-bond acceptors (Lipinski definition) is 21. The van der Waals surface area contributed by atoms with Gasteiger partial charge in [0.2, 0.25) is 11.8 Å². The Bertz CT molecular complexity index is 1220. The maximum absolute atomic E-state index is 12.3. The van der Waals surface area contributed by atoms with E-state index in [0.29, 0.717) is 0 Å². The van der Waals surface area contributed by atoms with E-state index in [4.69, 9.17) is 33.2 Å². The maximum Gasteiger partial charge on any atom is 0.335 e. The third-order valence-corrected chi connectivity index (χ3v) is 8.98. The van der Waals surface area contributed by atoms with Gasteiger partial charge < -0.3 is 105 Å². The number of amides is 2. The predicted octanol–water partition coefficient (Wildman–Crippen LogP) is -9.37. The first-order valence-corrected chi connectivity index (χ1v) is 16.1. The highest BCUT2D eigenvalue weighted by Gasteiger charge is 2.56.